The highest BCUT2D eigenvalue weighted by molar-refractivity contribution is 6.02. The number of hydrogen-bond acceptors (Lipinski definition) is 8. The molecule has 0 saturated carbocycles. The van der Waals surface area contributed by atoms with E-state index in [4.69, 9.17) is 18.9 Å². The van der Waals surface area contributed by atoms with Crippen molar-refractivity contribution in [1.29, 1.82) is 0 Å². The fourth-order valence-electron chi connectivity index (χ4n) is 4.88. The van der Waals surface area contributed by atoms with Gasteiger partial charge in [0.05, 0.1) is 19.7 Å². The Hall–Kier alpha value is -4.54. The lowest BCUT2D eigenvalue weighted by Crippen LogP contribution is -2.45. The summed E-state index contributed by atoms with van der Waals surface area (Å²) in [4.78, 5) is 52.8. The van der Waals surface area contributed by atoms with Gasteiger partial charge in [0.25, 0.3) is 17.7 Å². The molecule has 4 heterocycles. The number of rotatable bonds is 2. The quantitative estimate of drug-likeness (QED) is 0.579. The summed E-state index contributed by atoms with van der Waals surface area (Å²) in [5.41, 5.74) is 0.336. The summed E-state index contributed by atoms with van der Waals surface area (Å²) < 4.78 is 23.1. The van der Waals surface area contributed by atoms with Gasteiger partial charge in [-0.1, -0.05) is 12.1 Å². The molecule has 210 valence electrons. The molecular formula is C29H31N3O8. The third-order valence-corrected chi connectivity index (χ3v) is 6.84. The second kappa shape index (κ2) is 10.9. The van der Waals surface area contributed by atoms with Crippen molar-refractivity contribution in [2.45, 2.75) is 44.6 Å². The third kappa shape index (κ3) is 6.03. The van der Waals surface area contributed by atoms with Crippen LogP contribution in [0.2, 0.25) is 0 Å². The van der Waals surface area contributed by atoms with Crippen LogP contribution in [0, 0.1) is 0 Å². The maximum absolute atomic E-state index is 13.4. The number of nitrogens with one attached hydrogen (secondary N) is 2. The van der Waals surface area contributed by atoms with E-state index < -0.39 is 29.6 Å². The highest BCUT2D eigenvalue weighted by atomic mass is 16.5. The molecule has 1 saturated heterocycles. The molecule has 2 aromatic rings. The monoisotopic (exact) mass is 549 g/mol. The lowest BCUT2D eigenvalue weighted by Gasteiger charge is -2.31. The Morgan fingerprint density at radius 1 is 1.07 bits per heavy atom. The normalized spacial score (nSPS) is 22.4. The van der Waals surface area contributed by atoms with Gasteiger partial charge in [0.2, 0.25) is 0 Å². The highest BCUT2D eigenvalue weighted by Gasteiger charge is 2.41. The zero-order valence-corrected chi connectivity index (χ0v) is 22.5. The molecule has 0 unspecified atom stereocenters. The maximum atomic E-state index is 13.4. The van der Waals surface area contributed by atoms with Crippen molar-refractivity contribution in [3.8, 4) is 17.2 Å². The predicted octanol–water partition coefficient (Wildman–Crippen LogP) is 1.74. The van der Waals surface area contributed by atoms with Crippen LogP contribution in [0.1, 0.15) is 36.2 Å². The molecule has 0 spiro atoms. The van der Waals surface area contributed by atoms with Gasteiger partial charge in [0.1, 0.15) is 17.5 Å². The van der Waals surface area contributed by atoms with Crippen LogP contribution in [0.5, 0.6) is 17.2 Å². The van der Waals surface area contributed by atoms with Crippen molar-refractivity contribution in [1.82, 2.24) is 15.5 Å². The van der Waals surface area contributed by atoms with E-state index in [1.807, 2.05) is 12.1 Å². The largest absolute Gasteiger partial charge is 0.493 e. The molecule has 0 aliphatic carbocycles. The van der Waals surface area contributed by atoms with Crippen LogP contribution in [0.25, 0.3) is 0 Å². The molecule has 2 aromatic carbocycles. The number of carbonyl (C=O) groups is 4. The Labute approximate surface area is 231 Å². The topological polar surface area (TPSA) is 133 Å². The molecule has 4 bridgehead atoms. The van der Waals surface area contributed by atoms with Crippen molar-refractivity contribution in [3.05, 3.63) is 65.4 Å². The number of carbonyl (C=O) groups excluding carboxylic acids is 4. The number of allylic oxidation sites excluding steroid dienone is 1. The van der Waals surface area contributed by atoms with Crippen molar-refractivity contribution < 1.29 is 38.1 Å². The van der Waals surface area contributed by atoms with Crippen LogP contribution in [0.3, 0.4) is 0 Å². The van der Waals surface area contributed by atoms with Crippen LogP contribution >= 0.6 is 0 Å². The summed E-state index contributed by atoms with van der Waals surface area (Å²) >= 11 is 0. The van der Waals surface area contributed by atoms with Crippen LogP contribution in [0.4, 0.5) is 0 Å². The molecule has 0 radical (unpaired) electrons. The number of fused-ring (bicyclic) bond motifs is 7. The average molecular weight is 550 g/mol. The van der Waals surface area contributed by atoms with Gasteiger partial charge in [-0.05, 0) is 49.7 Å². The molecule has 0 aromatic heterocycles. The molecule has 4 aliphatic rings. The second-order valence-corrected chi connectivity index (χ2v) is 10.5. The average Bonchev–Trinajstić information content (AvgIpc) is 3.31. The lowest BCUT2D eigenvalue weighted by atomic mass is 9.98. The van der Waals surface area contributed by atoms with Gasteiger partial charge >= 0.3 is 0 Å². The van der Waals surface area contributed by atoms with Gasteiger partial charge in [-0.2, -0.15) is 0 Å². The number of nitrogens with zero attached hydrogens (tertiary/aromatic N) is 1. The number of benzene rings is 2. The molecule has 2 atom stereocenters. The summed E-state index contributed by atoms with van der Waals surface area (Å²) in [6.07, 6.45) is 0.827. The van der Waals surface area contributed by atoms with Crippen molar-refractivity contribution >= 4 is 23.5 Å². The van der Waals surface area contributed by atoms with E-state index in [9.17, 15) is 19.2 Å². The first-order valence-electron chi connectivity index (χ1n) is 13.0. The van der Waals surface area contributed by atoms with Crippen molar-refractivity contribution in [2.75, 3.05) is 26.8 Å². The standard InChI is InChI=1S/C29H31N3O8/c1-29(2)12-19(33)11-24(40-29)28(36)32-14-21-25(15-32)39-20-7-4-17(5-8-20)13-30-26(34)16-38-23-10-18(27(35)31-21)6-9-22(23)37-3/h4-11,21,25H,12-16H2,1-3H3,(H,30,34)(H,31,35)/t21-,25-/m0/s1. The molecule has 4 aliphatic heterocycles. The van der Waals surface area contributed by atoms with Crippen molar-refractivity contribution in [3.63, 3.8) is 0 Å². The lowest BCUT2D eigenvalue weighted by molar-refractivity contribution is -0.137. The molecular weight excluding hydrogens is 518 g/mol. The van der Waals surface area contributed by atoms with Crippen LogP contribution < -0.4 is 24.8 Å². The first kappa shape index (κ1) is 27.0. The number of methoxy groups -OCH3 is 1. The van der Waals surface area contributed by atoms with Crippen LogP contribution in [-0.2, 0) is 25.7 Å². The molecule has 40 heavy (non-hydrogen) atoms. The minimum Gasteiger partial charge on any atom is -0.493 e. The summed E-state index contributed by atoms with van der Waals surface area (Å²) in [5.74, 6) is -0.254. The van der Waals surface area contributed by atoms with Gasteiger partial charge in [0, 0.05) is 31.1 Å². The highest BCUT2D eigenvalue weighted by Crippen LogP contribution is 2.30. The van der Waals surface area contributed by atoms with Crippen LogP contribution in [-0.4, -0.2) is 73.0 Å². The Morgan fingerprint density at radius 3 is 2.58 bits per heavy atom. The SMILES string of the molecule is COc1ccc2cc1OCC(=O)NCc1ccc(cc1)O[C@H]1CN(C(=O)C3=CC(=O)CC(C)(C)O3)C[C@@H]1NC2=O. The second-order valence-electron chi connectivity index (χ2n) is 10.5. The minimum absolute atomic E-state index is 0.0234. The van der Waals surface area contributed by atoms with Gasteiger partial charge < -0.3 is 34.5 Å². The number of likely N-dealkylation sites (tertiary alicyclic amines) is 1. The molecule has 11 nitrogen and oxygen atoms in total. The van der Waals surface area contributed by atoms with Gasteiger partial charge in [-0.3, -0.25) is 19.2 Å². The molecule has 11 heteroatoms. The van der Waals surface area contributed by atoms with Crippen molar-refractivity contribution in [2.24, 2.45) is 0 Å². The Morgan fingerprint density at radius 2 is 1.85 bits per heavy atom. The fraction of sp³-hybridized carbons (Fsp3) is 0.379. The smallest absolute Gasteiger partial charge is 0.289 e. The first-order chi connectivity index (χ1) is 19.1. The van der Waals surface area contributed by atoms with E-state index in [2.05, 4.69) is 10.6 Å². The van der Waals surface area contributed by atoms with E-state index in [-0.39, 0.29) is 61.4 Å². The summed E-state index contributed by atoms with van der Waals surface area (Å²) in [6.45, 7) is 3.84. The first-order valence-corrected chi connectivity index (χ1v) is 13.0. The Bertz CT molecular complexity index is 1370. The maximum Gasteiger partial charge on any atom is 0.289 e. The zero-order valence-electron chi connectivity index (χ0n) is 22.5. The summed E-state index contributed by atoms with van der Waals surface area (Å²) in [6, 6.07) is 11.3. The molecule has 3 amide bonds. The molecule has 2 N–H and O–H groups in total. The van der Waals surface area contributed by atoms with Crippen LogP contribution in [0.15, 0.2) is 54.3 Å². The van der Waals surface area contributed by atoms with Gasteiger partial charge in [-0.25, -0.2) is 0 Å². The zero-order chi connectivity index (χ0) is 28.4. The number of ketones is 1. The minimum atomic E-state index is -0.794. The van der Waals surface area contributed by atoms with E-state index >= 15 is 0 Å². The predicted molar refractivity (Wildman–Crippen MR) is 142 cm³/mol. The van der Waals surface area contributed by atoms with E-state index in [1.165, 1.54) is 24.2 Å². The molecule has 1 fully saturated rings. The third-order valence-electron chi connectivity index (χ3n) is 6.84. The van der Waals surface area contributed by atoms with E-state index in [0.29, 0.717) is 11.5 Å². The summed E-state index contributed by atoms with van der Waals surface area (Å²) in [5, 5.41) is 5.76. The van der Waals surface area contributed by atoms with Gasteiger partial charge in [0.15, 0.2) is 29.6 Å². The fourth-order valence-corrected chi connectivity index (χ4v) is 4.88. The number of hydrogen-bond donors (Lipinski definition) is 2. The summed E-state index contributed by atoms with van der Waals surface area (Å²) in [7, 11) is 1.47. The number of amides is 3. The van der Waals surface area contributed by atoms with Gasteiger partial charge in [-0.15, -0.1) is 0 Å². The molecule has 6 rings (SSSR count). The van der Waals surface area contributed by atoms with E-state index in [0.717, 1.165) is 5.56 Å². The Kier molecular flexibility index (Phi) is 7.38. The number of ether oxygens (including phenoxy) is 4. The Balaban J connectivity index is 1.43. The van der Waals surface area contributed by atoms with E-state index in [1.54, 1.807) is 38.1 Å².